The topological polar surface area (TPSA) is 46.6 Å². The van der Waals surface area contributed by atoms with Gasteiger partial charge in [-0.25, -0.2) is 4.79 Å². The van der Waals surface area contributed by atoms with Crippen molar-refractivity contribution in [3.05, 3.63) is 75.8 Å². The fourth-order valence-electron chi connectivity index (χ4n) is 2.52. The standard InChI is InChI=1S/C21H22BrNO3/c1-4-23(5-2)20(24)15(3)19(16-9-7-6-8-10-16)26-21(25)17-11-13-18(22)14-12-17/h6-14H,4-5H2,1-3H3. The Morgan fingerprint density at radius 1 is 0.923 bits per heavy atom. The molecule has 0 aliphatic carbocycles. The number of amides is 1. The van der Waals surface area contributed by atoms with E-state index in [4.69, 9.17) is 4.74 Å². The van der Waals surface area contributed by atoms with Crippen molar-refractivity contribution in [3.63, 3.8) is 0 Å². The van der Waals surface area contributed by atoms with Crippen LogP contribution in [0, 0.1) is 0 Å². The van der Waals surface area contributed by atoms with E-state index in [1.807, 2.05) is 44.2 Å². The SMILES string of the molecule is CCN(CC)C(=O)C(C)=C(OC(=O)c1ccc(Br)cc1)c1ccccc1. The molecule has 26 heavy (non-hydrogen) atoms. The minimum Gasteiger partial charge on any atom is -0.422 e. The zero-order valence-corrected chi connectivity index (χ0v) is 16.7. The van der Waals surface area contributed by atoms with Crippen molar-refractivity contribution in [3.8, 4) is 0 Å². The Kier molecular flexibility index (Phi) is 7.16. The number of benzene rings is 2. The lowest BCUT2D eigenvalue weighted by Gasteiger charge is -2.21. The summed E-state index contributed by atoms with van der Waals surface area (Å²) in [6, 6.07) is 16.1. The molecule has 0 fully saturated rings. The van der Waals surface area contributed by atoms with E-state index in [1.165, 1.54) is 0 Å². The molecular formula is C21H22BrNO3. The maximum absolute atomic E-state index is 12.8. The van der Waals surface area contributed by atoms with Crippen molar-refractivity contribution >= 4 is 33.6 Å². The van der Waals surface area contributed by atoms with Gasteiger partial charge in [0.25, 0.3) is 5.91 Å². The Labute approximate surface area is 162 Å². The molecule has 2 aromatic rings. The number of ether oxygens (including phenoxy) is 1. The number of esters is 1. The molecule has 0 bridgehead atoms. The smallest absolute Gasteiger partial charge is 0.343 e. The number of likely N-dealkylation sites (N-methyl/N-ethyl adjacent to an activating group) is 1. The summed E-state index contributed by atoms with van der Waals surface area (Å²) in [5.41, 5.74) is 1.52. The van der Waals surface area contributed by atoms with Gasteiger partial charge in [0, 0.05) is 23.1 Å². The van der Waals surface area contributed by atoms with E-state index in [2.05, 4.69) is 15.9 Å². The molecule has 0 saturated carbocycles. The average molecular weight is 416 g/mol. The van der Waals surface area contributed by atoms with Crippen molar-refractivity contribution in [2.75, 3.05) is 13.1 Å². The van der Waals surface area contributed by atoms with Gasteiger partial charge in [-0.05, 0) is 45.0 Å². The lowest BCUT2D eigenvalue weighted by atomic mass is 10.1. The van der Waals surface area contributed by atoms with Crippen LogP contribution in [-0.4, -0.2) is 29.9 Å². The van der Waals surface area contributed by atoms with Gasteiger partial charge in [0.2, 0.25) is 0 Å². The van der Waals surface area contributed by atoms with Crippen LogP contribution in [0.5, 0.6) is 0 Å². The van der Waals surface area contributed by atoms with E-state index in [1.54, 1.807) is 36.1 Å². The molecule has 136 valence electrons. The van der Waals surface area contributed by atoms with Gasteiger partial charge in [-0.15, -0.1) is 0 Å². The molecule has 0 radical (unpaired) electrons. The Bertz CT molecular complexity index is 794. The Hall–Kier alpha value is -2.40. The van der Waals surface area contributed by atoms with Crippen LogP contribution in [0.15, 0.2) is 64.6 Å². The highest BCUT2D eigenvalue weighted by Crippen LogP contribution is 2.23. The van der Waals surface area contributed by atoms with Crippen molar-refractivity contribution in [2.45, 2.75) is 20.8 Å². The van der Waals surface area contributed by atoms with Crippen molar-refractivity contribution < 1.29 is 14.3 Å². The molecule has 0 unspecified atom stereocenters. The van der Waals surface area contributed by atoms with Crippen LogP contribution in [0.25, 0.3) is 5.76 Å². The highest BCUT2D eigenvalue weighted by atomic mass is 79.9. The molecule has 0 saturated heterocycles. The lowest BCUT2D eigenvalue weighted by Crippen LogP contribution is -2.31. The van der Waals surface area contributed by atoms with Gasteiger partial charge >= 0.3 is 5.97 Å². The number of carbonyl (C=O) groups is 2. The normalized spacial score (nSPS) is 11.5. The van der Waals surface area contributed by atoms with Crippen LogP contribution in [0.2, 0.25) is 0 Å². The number of nitrogens with zero attached hydrogens (tertiary/aromatic N) is 1. The minimum atomic E-state index is -0.497. The first-order valence-corrected chi connectivity index (χ1v) is 9.30. The summed E-state index contributed by atoms with van der Waals surface area (Å²) in [6.07, 6.45) is 0. The molecule has 1 amide bonds. The minimum absolute atomic E-state index is 0.141. The summed E-state index contributed by atoms with van der Waals surface area (Å²) in [7, 11) is 0. The molecule has 5 heteroatoms. The van der Waals surface area contributed by atoms with Gasteiger partial charge in [0.15, 0.2) is 0 Å². The molecule has 0 heterocycles. The Morgan fingerprint density at radius 2 is 1.50 bits per heavy atom. The summed E-state index contributed by atoms with van der Waals surface area (Å²) in [5, 5.41) is 0. The van der Waals surface area contributed by atoms with Gasteiger partial charge in [0.05, 0.1) is 11.1 Å². The summed E-state index contributed by atoms with van der Waals surface area (Å²) in [4.78, 5) is 27.0. The van der Waals surface area contributed by atoms with Gasteiger partial charge < -0.3 is 9.64 Å². The van der Waals surface area contributed by atoms with Crippen LogP contribution in [0.4, 0.5) is 0 Å². The fraction of sp³-hybridized carbons (Fsp3) is 0.238. The van der Waals surface area contributed by atoms with Crippen molar-refractivity contribution in [1.82, 2.24) is 4.90 Å². The van der Waals surface area contributed by atoms with Crippen molar-refractivity contribution in [1.29, 1.82) is 0 Å². The van der Waals surface area contributed by atoms with Gasteiger partial charge in [-0.1, -0.05) is 46.3 Å². The van der Waals surface area contributed by atoms with E-state index in [0.717, 1.165) is 4.47 Å². The largest absolute Gasteiger partial charge is 0.422 e. The maximum Gasteiger partial charge on any atom is 0.343 e. The predicted octanol–water partition coefficient (Wildman–Crippen LogP) is 4.91. The molecule has 0 spiro atoms. The van der Waals surface area contributed by atoms with Crippen LogP contribution in [0.3, 0.4) is 0 Å². The van der Waals surface area contributed by atoms with Gasteiger partial charge in [0.1, 0.15) is 5.76 Å². The Balaban J connectivity index is 2.41. The molecule has 0 aromatic heterocycles. The molecule has 0 aliphatic rings. The van der Waals surface area contributed by atoms with Crippen LogP contribution in [-0.2, 0) is 9.53 Å². The molecule has 4 nitrogen and oxygen atoms in total. The zero-order chi connectivity index (χ0) is 19.1. The first-order valence-electron chi connectivity index (χ1n) is 8.51. The van der Waals surface area contributed by atoms with Gasteiger partial charge in [-0.2, -0.15) is 0 Å². The Morgan fingerprint density at radius 3 is 2.04 bits per heavy atom. The first kappa shape index (κ1) is 19.9. The molecule has 0 N–H and O–H groups in total. The average Bonchev–Trinajstić information content (AvgIpc) is 2.67. The summed E-state index contributed by atoms with van der Waals surface area (Å²) < 4.78 is 6.54. The summed E-state index contributed by atoms with van der Waals surface area (Å²) in [5.74, 6) is -0.351. The van der Waals surface area contributed by atoms with Crippen molar-refractivity contribution in [2.24, 2.45) is 0 Å². The van der Waals surface area contributed by atoms with E-state index < -0.39 is 5.97 Å². The number of rotatable bonds is 6. The number of hydrogen-bond donors (Lipinski definition) is 0. The van der Waals surface area contributed by atoms with Crippen LogP contribution in [0.1, 0.15) is 36.7 Å². The quantitative estimate of drug-likeness (QED) is 0.382. The summed E-state index contributed by atoms with van der Waals surface area (Å²) >= 11 is 3.34. The molecule has 2 aromatic carbocycles. The van der Waals surface area contributed by atoms with E-state index >= 15 is 0 Å². The third-order valence-electron chi connectivity index (χ3n) is 4.02. The second-order valence-corrected chi connectivity index (χ2v) is 6.61. The highest BCUT2D eigenvalue weighted by Gasteiger charge is 2.21. The zero-order valence-electron chi connectivity index (χ0n) is 15.2. The van der Waals surface area contributed by atoms with E-state index in [-0.39, 0.29) is 11.7 Å². The summed E-state index contributed by atoms with van der Waals surface area (Å²) in [6.45, 7) is 6.72. The van der Waals surface area contributed by atoms with Gasteiger partial charge in [-0.3, -0.25) is 4.79 Å². The second kappa shape index (κ2) is 9.34. The van der Waals surface area contributed by atoms with Crippen LogP contribution >= 0.6 is 15.9 Å². The maximum atomic E-state index is 12.8. The lowest BCUT2D eigenvalue weighted by molar-refractivity contribution is -0.126. The second-order valence-electron chi connectivity index (χ2n) is 5.69. The van der Waals surface area contributed by atoms with E-state index in [9.17, 15) is 9.59 Å². The molecule has 2 rings (SSSR count). The fourth-order valence-corrected chi connectivity index (χ4v) is 2.79. The number of halogens is 1. The third-order valence-corrected chi connectivity index (χ3v) is 4.55. The highest BCUT2D eigenvalue weighted by molar-refractivity contribution is 9.10. The third kappa shape index (κ3) is 4.82. The monoisotopic (exact) mass is 415 g/mol. The van der Waals surface area contributed by atoms with E-state index in [0.29, 0.717) is 29.8 Å². The number of carbonyl (C=O) groups excluding carboxylic acids is 2. The molecule has 0 aliphatic heterocycles. The first-order chi connectivity index (χ1) is 12.5. The predicted molar refractivity (Wildman–Crippen MR) is 107 cm³/mol. The molecular weight excluding hydrogens is 394 g/mol. The van der Waals surface area contributed by atoms with Crippen LogP contribution < -0.4 is 0 Å². The molecule has 0 atom stereocenters. The number of hydrogen-bond acceptors (Lipinski definition) is 3.